The molecule has 9 heteroatoms. The van der Waals surface area contributed by atoms with E-state index >= 15 is 0 Å². The van der Waals surface area contributed by atoms with Crippen LogP contribution in [0.4, 0.5) is 5.69 Å². The van der Waals surface area contributed by atoms with Crippen LogP contribution in [-0.2, 0) is 21.4 Å². The largest absolute Gasteiger partial charge is 0.350 e. The number of nitrogens with one attached hydrogen (secondary N) is 1. The fourth-order valence-corrected chi connectivity index (χ4v) is 4.89. The second kappa shape index (κ2) is 9.53. The Morgan fingerprint density at radius 2 is 1.97 bits per heavy atom. The van der Waals surface area contributed by atoms with Gasteiger partial charge in [-0.3, -0.25) is 9.10 Å². The maximum Gasteiger partial charge on any atom is 0.244 e. The van der Waals surface area contributed by atoms with E-state index in [1.165, 1.54) is 6.07 Å². The Morgan fingerprint density at radius 3 is 2.58 bits per heavy atom. The molecule has 1 amide bonds. The van der Waals surface area contributed by atoms with Crippen molar-refractivity contribution < 1.29 is 13.2 Å². The molecule has 3 aromatic rings. The number of para-hydroxylation sites is 1. The van der Waals surface area contributed by atoms with Gasteiger partial charge in [-0.25, -0.2) is 13.4 Å². The van der Waals surface area contributed by atoms with Gasteiger partial charge in [0.25, 0.3) is 0 Å². The number of aromatic nitrogens is 2. The van der Waals surface area contributed by atoms with Gasteiger partial charge in [0.05, 0.1) is 17.6 Å². The summed E-state index contributed by atoms with van der Waals surface area (Å²) < 4.78 is 28.2. The Balaban J connectivity index is 1.86. The zero-order chi connectivity index (χ0) is 22.6. The van der Waals surface area contributed by atoms with Crippen LogP contribution in [0.25, 0.3) is 5.69 Å². The number of hydrogen-bond acceptors (Lipinski definition) is 4. The number of imidazole rings is 1. The van der Waals surface area contributed by atoms with Gasteiger partial charge in [-0.2, -0.15) is 0 Å². The highest BCUT2D eigenvalue weighted by Gasteiger charge is 2.31. The zero-order valence-corrected chi connectivity index (χ0v) is 19.2. The second-order valence-electron chi connectivity index (χ2n) is 7.15. The molecule has 1 aromatic heterocycles. The molecule has 0 bridgehead atoms. The lowest BCUT2D eigenvalue weighted by Crippen LogP contribution is -2.49. The highest BCUT2D eigenvalue weighted by Crippen LogP contribution is 2.25. The molecule has 0 aliphatic carbocycles. The summed E-state index contributed by atoms with van der Waals surface area (Å²) >= 11 is 6.06. The van der Waals surface area contributed by atoms with E-state index in [1.54, 1.807) is 31.3 Å². The Labute approximate surface area is 187 Å². The first-order chi connectivity index (χ1) is 14.7. The van der Waals surface area contributed by atoms with Crippen LogP contribution in [0.1, 0.15) is 24.7 Å². The number of benzene rings is 2. The average molecular weight is 461 g/mol. The molecule has 2 aromatic carbocycles. The van der Waals surface area contributed by atoms with Gasteiger partial charge in [0.1, 0.15) is 11.9 Å². The number of anilines is 1. The Kier molecular flexibility index (Phi) is 7.02. The number of amides is 1. The molecule has 1 N–H and O–H groups in total. The van der Waals surface area contributed by atoms with Gasteiger partial charge in [-0.05, 0) is 43.2 Å². The van der Waals surface area contributed by atoms with E-state index in [1.807, 2.05) is 42.0 Å². The minimum Gasteiger partial charge on any atom is -0.350 e. The predicted octanol–water partition coefficient (Wildman–Crippen LogP) is 3.70. The molecule has 0 saturated carbocycles. The van der Waals surface area contributed by atoms with Gasteiger partial charge >= 0.3 is 0 Å². The van der Waals surface area contributed by atoms with Crippen molar-refractivity contribution in [1.29, 1.82) is 0 Å². The lowest BCUT2D eigenvalue weighted by Gasteiger charge is -2.30. The van der Waals surface area contributed by atoms with Crippen LogP contribution in [0, 0.1) is 6.92 Å². The third kappa shape index (κ3) is 5.26. The molecule has 1 unspecified atom stereocenters. The summed E-state index contributed by atoms with van der Waals surface area (Å²) in [6, 6.07) is 13.2. The Bertz CT molecular complexity index is 1180. The average Bonchev–Trinajstić information content (AvgIpc) is 3.15. The van der Waals surface area contributed by atoms with Crippen molar-refractivity contribution in [1.82, 2.24) is 14.9 Å². The molecular formula is C22H25ClN4O3S. The molecule has 7 nitrogen and oxygen atoms in total. The van der Waals surface area contributed by atoms with Gasteiger partial charge in [0.15, 0.2) is 0 Å². The molecule has 0 spiro atoms. The fourth-order valence-electron chi connectivity index (χ4n) is 3.50. The second-order valence-corrected chi connectivity index (χ2v) is 9.45. The first-order valence-electron chi connectivity index (χ1n) is 9.83. The van der Waals surface area contributed by atoms with Crippen molar-refractivity contribution in [2.75, 3.05) is 10.6 Å². The van der Waals surface area contributed by atoms with Crippen molar-refractivity contribution >= 4 is 33.2 Å². The minimum absolute atomic E-state index is 0.246. The number of rotatable bonds is 8. The molecule has 3 rings (SSSR count). The minimum atomic E-state index is -3.72. The van der Waals surface area contributed by atoms with Crippen molar-refractivity contribution in [2.24, 2.45) is 0 Å². The third-order valence-corrected chi connectivity index (χ3v) is 6.34. The maximum absolute atomic E-state index is 13.1. The summed E-state index contributed by atoms with van der Waals surface area (Å²) in [4.78, 5) is 17.3. The van der Waals surface area contributed by atoms with E-state index in [9.17, 15) is 13.2 Å². The van der Waals surface area contributed by atoms with Crippen molar-refractivity contribution in [3.05, 3.63) is 77.3 Å². The van der Waals surface area contributed by atoms with Gasteiger partial charge < -0.3 is 9.88 Å². The monoisotopic (exact) mass is 460 g/mol. The Morgan fingerprint density at radius 1 is 1.23 bits per heavy atom. The molecule has 0 aliphatic heterocycles. The number of nitrogens with zero attached hydrogens (tertiary/aromatic N) is 3. The van der Waals surface area contributed by atoms with Gasteiger partial charge in [0.2, 0.25) is 15.9 Å². The lowest BCUT2D eigenvalue weighted by atomic mass is 10.1. The molecule has 1 heterocycles. The first kappa shape index (κ1) is 22.8. The maximum atomic E-state index is 13.1. The molecule has 0 saturated heterocycles. The number of halogens is 1. The summed E-state index contributed by atoms with van der Waals surface area (Å²) in [5, 5.41) is 3.29. The van der Waals surface area contributed by atoms with E-state index in [4.69, 9.17) is 11.6 Å². The summed E-state index contributed by atoms with van der Waals surface area (Å²) in [5.41, 5.74) is 2.15. The molecule has 0 aliphatic rings. The number of hydrogen-bond donors (Lipinski definition) is 1. The molecular weight excluding hydrogens is 436 g/mol. The predicted molar refractivity (Wildman–Crippen MR) is 123 cm³/mol. The fraction of sp³-hybridized carbons (Fsp3) is 0.273. The van der Waals surface area contributed by atoms with E-state index in [2.05, 4.69) is 10.3 Å². The van der Waals surface area contributed by atoms with Gasteiger partial charge in [0, 0.05) is 24.0 Å². The van der Waals surface area contributed by atoms with E-state index in [0.717, 1.165) is 27.6 Å². The summed E-state index contributed by atoms with van der Waals surface area (Å²) in [6.07, 6.45) is 4.96. The molecule has 0 radical (unpaired) electrons. The van der Waals surface area contributed by atoms with E-state index < -0.39 is 16.1 Å². The van der Waals surface area contributed by atoms with E-state index in [0.29, 0.717) is 17.1 Å². The Hall–Kier alpha value is -2.84. The summed E-state index contributed by atoms with van der Waals surface area (Å²) in [7, 11) is -3.72. The number of carbonyl (C=O) groups is 1. The number of aryl methyl sites for hydroxylation is 1. The van der Waals surface area contributed by atoms with Crippen molar-refractivity contribution in [2.45, 2.75) is 32.9 Å². The quantitative estimate of drug-likeness (QED) is 0.555. The topological polar surface area (TPSA) is 84.3 Å². The van der Waals surface area contributed by atoms with Crippen LogP contribution >= 0.6 is 11.6 Å². The van der Waals surface area contributed by atoms with Crippen LogP contribution in [0.5, 0.6) is 0 Å². The van der Waals surface area contributed by atoms with Crippen LogP contribution < -0.4 is 9.62 Å². The van der Waals surface area contributed by atoms with E-state index in [-0.39, 0.29) is 12.5 Å². The summed E-state index contributed by atoms with van der Waals surface area (Å²) in [6.45, 7) is 3.92. The van der Waals surface area contributed by atoms with Crippen molar-refractivity contribution in [3.8, 4) is 5.69 Å². The van der Waals surface area contributed by atoms with Crippen LogP contribution in [-0.4, -0.2) is 36.2 Å². The smallest absolute Gasteiger partial charge is 0.244 e. The molecule has 0 fully saturated rings. The van der Waals surface area contributed by atoms with Gasteiger partial charge in [-0.15, -0.1) is 0 Å². The number of carbonyl (C=O) groups excluding carboxylic acids is 1. The molecule has 31 heavy (non-hydrogen) atoms. The van der Waals surface area contributed by atoms with Crippen LogP contribution in [0.3, 0.4) is 0 Å². The third-order valence-electron chi connectivity index (χ3n) is 4.92. The van der Waals surface area contributed by atoms with Crippen LogP contribution in [0.15, 0.2) is 60.9 Å². The normalized spacial score (nSPS) is 12.4. The highest BCUT2D eigenvalue weighted by molar-refractivity contribution is 7.92. The number of sulfonamides is 1. The lowest BCUT2D eigenvalue weighted by molar-refractivity contribution is -0.122. The van der Waals surface area contributed by atoms with Crippen LogP contribution in [0.2, 0.25) is 5.02 Å². The zero-order valence-electron chi connectivity index (χ0n) is 17.6. The molecule has 1 atom stereocenters. The standard InChI is InChI=1S/C22H25ClN4O3S/c1-4-20(27(31(3,29)30)19-10-7-9-18(23)14-19)22(28)25-15-17-8-5-6-11-21(17)26-13-12-24-16(26)2/h5-14,20H,4,15H2,1-3H3,(H,25,28). The summed E-state index contributed by atoms with van der Waals surface area (Å²) in [5.74, 6) is 0.444. The SMILES string of the molecule is CCC(C(=O)NCc1ccccc1-n1ccnc1C)N(c1cccc(Cl)c1)S(C)(=O)=O. The first-order valence-corrected chi connectivity index (χ1v) is 12.1. The molecule has 164 valence electrons. The van der Waals surface area contributed by atoms with Gasteiger partial charge in [-0.1, -0.05) is 42.8 Å². The van der Waals surface area contributed by atoms with Crippen molar-refractivity contribution in [3.63, 3.8) is 0 Å². The highest BCUT2D eigenvalue weighted by atomic mass is 35.5.